The first-order valence-electron chi connectivity index (χ1n) is 10.1. The minimum absolute atomic E-state index is 0.259. The summed E-state index contributed by atoms with van der Waals surface area (Å²) in [6.07, 6.45) is 0. The molecule has 6 nitrogen and oxygen atoms in total. The molecule has 1 amide bonds. The Hall–Kier alpha value is -2.45. The number of hydrogen-bond acceptors (Lipinski definition) is 7. The molecule has 0 saturated heterocycles. The Kier molecular flexibility index (Phi) is 8.85. The zero-order valence-electron chi connectivity index (χ0n) is 17.7. The summed E-state index contributed by atoms with van der Waals surface area (Å²) in [4.78, 5) is 31.0. The van der Waals surface area contributed by atoms with Gasteiger partial charge in [-0.05, 0) is 36.2 Å². The number of benzene rings is 2. The van der Waals surface area contributed by atoms with Crippen molar-refractivity contribution in [3.63, 3.8) is 0 Å². The predicted molar refractivity (Wildman–Crippen MR) is 127 cm³/mol. The first-order chi connectivity index (χ1) is 15.1. The van der Waals surface area contributed by atoms with E-state index in [1.165, 1.54) is 0 Å². The summed E-state index contributed by atoms with van der Waals surface area (Å²) in [7, 11) is 1.69. The lowest BCUT2D eigenvalue weighted by Crippen LogP contribution is -2.31. The molecule has 1 aliphatic heterocycles. The number of carbonyl (C=O) groups excluding carboxylic acids is 2. The lowest BCUT2D eigenvalue weighted by molar-refractivity contribution is -0.133. The third-order valence-corrected chi connectivity index (χ3v) is 6.85. The molecule has 8 heteroatoms. The summed E-state index contributed by atoms with van der Waals surface area (Å²) >= 11 is 3.36. The Morgan fingerprint density at radius 3 is 2.65 bits per heavy atom. The van der Waals surface area contributed by atoms with Crippen molar-refractivity contribution in [2.75, 3.05) is 32.6 Å². The molecule has 0 aliphatic carbocycles. The van der Waals surface area contributed by atoms with Crippen LogP contribution in [0.15, 0.2) is 53.5 Å². The van der Waals surface area contributed by atoms with Gasteiger partial charge in [-0.25, -0.2) is 4.79 Å². The monoisotopic (exact) mass is 458 g/mol. The van der Waals surface area contributed by atoms with Gasteiger partial charge in [0.2, 0.25) is 0 Å². The van der Waals surface area contributed by atoms with Crippen molar-refractivity contribution < 1.29 is 19.1 Å². The predicted octanol–water partition coefficient (Wildman–Crippen LogP) is 4.24. The van der Waals surface area contributed by atoms with E-state index in [1.54, 1.807) is 47.6 Å². The lowest BCUT2D eigenvalue weighted by Gasteiger charge is -2.18. The van der Waals surface area contributed by atoms with Crippen molar-refractivity contribution in [1.29, 1.82) is 0 Å². The van der Waals surface area contributed by atoms with Crippen LogP contribution in [0.1, 0.15) is 28.4 Å². The Labute approximate surface area is 191 Å². The highest BCUT2D eigenvalue weighted by atomic mass is 32.2. The Morgan fingerprint density at radius 2 is 1.94 bits per heavy atom. The maximum absolute atomic E-state index is 12.6. The molecular weight excluding hydrogens is 432 g/mol. The van der Waals surface area contributed by atoms with Gasteiger partial charge < -0.3 is 14.4 Å². The number of hydrogen-bond donors (Lipinski definition) is 0. The second-order valence-electron chi connectivity index (χ2n) is 6.84. The molecule has 0 unspecified atom stereocenters. The van der Waals surface area contributed by atoms with Crippen LogP contribution in [0.5, 0.6) is 5.75 Å². The fraction of sp³-hybridized carbons (Fsp3) is 0.348. The molecule has 164 valence electrons. The number of ether oxygens (including phenoxy) is 2. The van der Waals surface area contributed by atoms with Crippen LogP contribution >= 0.6 is 23.5 Å². The topological polar surface area (TPSA) is 68.2 Å². The van der Waals surface area contributed by atoms with Crippen molar-refractivity contribution in [2.45, 2.75) is 19.2 Å². The number of thioether (sulfide) groups is 2. The highest BCUT2D eigenvalue weighted by Crippen LogP contribution is 2.26. The van der Waals surface area contributed by atoms with Crippen LogP contribution in [-0.2, 0) is 21.8 Å². The summed E-state index contributed by atoms with van der Waals surface area (Å²) in [6, 6.07) is 14.9. The fourth-order valence-corrected chi connectivity index (χ4v) is 4.94. The van der Waals surface area contributed by atoms with Gasteiger partial charge in [-0.15, -0.1) is 0 Å². The third kappa shape index (κ3) is 7.04. The zero-order chi connectivity index (χ0) is 22.1. The zero-order valence-corrected chi connectivity index (χ0v) is 19.3. The minimum Gasteiger partial charge on any atom is -0.494 e. The van der Waals surface area contributed by atoms with E-state index in [-0.39, 0.29) is 12.5 Å². The standard InChI is InChI=1S/C23H26N2O4S2/c1-3-28-19-10-8-17(9-11-19)14-25(2)21(26)15-29-22(27)20-7-5-4-6-18(20)16-31-23-24-12-13-30-23/h4-11H,3,12-16H2,1-2H3. The van der Waals surface area contributed by atoms with E-state index in [1.807, 2.05) is 43.3 Å². The first-order valence-corrected chi connectivity index (χ1v) is 12.0. The van der Waals surface area contributed by atoms with E-state index in [9.17, 15) is 9.59 Å². The molecule has 0 saturated carbocycles. The van der Waals surface area contributed by atoms with E-state index >= 15 is 0 Å². The number of carbonyl (C=O) groups is 2. The van der Waals surface area contributed by atoms with Crippen molar-refractivity contribution in [1.82, 2.24) is 4.90 Å². The summed E-state index contributed by atoms with van der Waals surface area (Å²) in [5.41, 5.74) is 2.34. The van der Waals surface area contributed by atoms with Crippen molar-refractivity contribution in [2.24, 2.45) is 4.99 Å². The van der Waals surface area contributed by atoms with Crippen molar-refractivity contribution in [3.8, 4) is 5.75 Å². The van der Waals surface area contributed by atoms with Crippen LogP contribution < -0.4 is 4.74 Å². The molecular formula is C23H26N2O4S2. The van der Waals surface area contributed by atoms with Crippen LogP contribution in [0, 0.1) is 0 Å². The van der Waals surface area contributed by atoms with Crippen LogP contribution in [0.25, 0.3) is 0 Å². The lowest BCUT2D eigenvalue weighted by atomic mass is 10.1. The number of rotatable bonds is 9. The average Bonchev–Trinajstić information content (AvgIpc) is 3.31. The maximum atomic E-state index is 12.6. The van der Waals surface area contributed by atoms with E-state index < -0.39 is 5.97 Å². The second-order valence-corrected chi connectivity index (χ2v) is 9.15. The molecule has 0 radical (unpaired) electrons. The van der Waals surface area contributed by atoms with Crippen molar-refractivity contribution >= 4 is 39.8 Å². The molecule has 0 N–H and O–H groups in total. The molecule has 2 aromatic carbocycles. The first kappa shape index (κ1) is 23.2. The maximum Gasteiger partial charge on any atom is 0.338 e. The molecule has 0 bridgehead atoms. The van der Waals surface area contributed by atoms with E-state index in [2.05, 4.69) is 4.99 Å². The molecule has 2 aromatic rings. The number of amides is 1. The summed E-state index contributed by atoms with van der Waals surface area (Å²) < 4.78 is 11.8. The number of aliphatic imine (C=N–C) groups is 1. The van der Waals surface area contributed by atoms with Crippen LogP contribution in [0.3, 0.4) is 0 Å². The number of likely N-dealkylation sites (N-methyl/N-ethyl adjacent to an activating group) is 1. The summed E-state index contributed by atoms with van der Waals surface area (Å²) in [5.74, 6) is 1.71. The van der Waals surface area contributed by atoms with Crippen molar-refractivity contribution in [3.05, 3.63) is 65.2 Å². The minimum atomic E-state index is -0.486. The molecule has 31 heavy (non-hydrogen) atoms. The molecule has 1 aliphatic rings. The Balaban J connectivity index is 1.50. The van der Waals surface area contributed by atoms with Gasteiger partial charge in [0.05, 0.1) is 18.7 Å². The Bertz CT molecular complexity index is 931. The smallest absolute Gasteiger partial charge is 0.338 e. The van der Waals surface area contributed by atoms with Gasteiger partial charge in [0, 0.05) is 25.1 Å². The van der Waals surface area contributed by atoms with Gasteiger partial charge in [0.1, 0.15) is 10.1 Å². The number of nitrogens with zero attached hydrogens (tertiary/aromatic N) is 2. The summed E-state index contributed by atoms with van der Waals surface area (Å²) in [6.45, 7) is 3.52. The fourth-order valence-electron chi connectivity index (χ4n) is 2.92. The highest BCUT2D eigenvalue weighted by molar-refractivity contribution is 8.38. The van der Waals surface area contributed by atoms with E-state index in [0.717, 1.165) is 33.5 Å². The molecule has 3 rings (SSSR count). The average molecular weight is 459 g/mol. The van der Waals surface area contributed by atoms with Crippen LogP contribution in [0.2, 0.25) is 0 Å². The van der Waals surface area contributed by atoms with Gasteiger partial charge in [-0.2, -0.15) is 0 Å². The van der Waals surface area contributed by atoms with Gasteiger partial charge in [-0.1, -0.05) is 53.9 Å². The van der Waals surface area contributed by atoms with Gasteiger partial charge >= 0.3 is 5.97 Å². The largest absolute Gasteiger partial charge is 0.494 e. The van der Waals surface area contributed by atoms with E-state index in [0.29, 0.717) is 24.5 Å². The van der Waals surface area contributed by atoms with Crippen LogP contribution in [-0.4, -0.2) is 53.7 Å². The van der Waals surface area contributed by atoms with Crippen LogP contribution in [0.4, 0.5) is 0 Å². The molecule has 0 fully saturated rings. The quantitative estimate of drug-likeness (QED) is 0.524. The molecule has 0 atom stereocenters. The second kappa shape index (κ2) is 11.8. The highest BCUT2D eigenvalue weighted by Gasteiger charge is 2.17. The third-order valence-electron chi connectivity index (χ3n) is 4.55. The van der Waals surface area contributed by atoms with Gasteiger partial charge in [-0.3, -0.25) is 9.79 Å². The number of esters is 1. The Morgan fingerprint density at radius 1 is 1.16 bits per heavy atom. The van der Waals surface area contributed by atoms with E-state index in [4.69, 9.17) is 9.47 Å². The van der Waals surface area contributed by atoms with Gasteiger partial charge in [0.25, 0.3) is 5.91 Å². The summed E-state index contributed by atoms with van der Waals surface area (Å²) in [5, 5.41) is 0. The SMILES string of the molecule is CCOc1ccc(CN(C)C(=O)COC(=O)c2ccccc2CSC2=NCCS2)cc1. The molecule has 0 aromatic heterocycles. The van der Waals surface area contributed by atoms with Gasteiger partial charge in [0.15, 0.2) is 6.61 Å². The normalized spacial score (nSPS) is 12.9. The molecule has 1 heterocycles. The molecule has 0 spiro atoms.